The van der Waals surface area contributed by atoms with E-state index < -0.39 is 0 Å². The van der Waals surface area contributed by atoms with Gasteiger partial charge in [0.05, 0.1) is 0 Å². The maximum atomic E-state index is 5.55. The molecule has 4 nitrogen and oxygen atoms in total. The highest BCUT2D eigenvalue weighted by Crippen LogP contribution is 2.09. The van der Waals surface area contributed by atoms with Crippen molar-refractivity contribution in [1.82, 2.24) is 9.97 Å². The molecule has 1 aromatic rings. The van der Waals surface area contributed by atoms with Crippen LogP contribution in [0.3, 0.4) is 0 Å². The maximum absolute atomic E-state index is 5.55. The van der Waals surface area contributed by atoms with E-state index in [-0.39, 0.29) is 0 Å². The van der Waals surface area contributed by atoms with E-state index in [0.29, 0.717) is 12.6 Å². The maximum Gasteiger partial charge on any atom is 0.225 e. The number of aromatic nitrogens is 2. The van der Waals surface area contributed by atoms with Crippen molar-refractivity contribution in [3.63, 3.8) is 0 Å². The lowest BCUT2D eigenvalue weighted by atomic mass is 10.3. The van der Waals surface area contributed by atoms with E-state index >= 15 is 0 Å². The lowest BCUT2D eigenvalue weighted by molar-refractivity contribution is 0.662. The second kappa shape index (κ2) is 4.91. The molecule has 78 valence electrons. The average Bonchev–Trinajstić information content (AvgIpc) is 2.13. The van der Waals surface area contributed by atoms with Crippen LogP contribution in [0.25, 0.3) is 0 Å². The minimum Gasteiger partial charge on any atom is -0.337 e. The summed E-state index contributed by atoms with van der Waals surface area (Å²) in [7, 11) is 0. The lowest BCUT2D eigenvalue weighted by Gasteiger charge is -2.26. The molecule has 0 saturated carbocycles. The van der Waals surface area contributed by atoms with E-state index in [1.165, 1.54) is 0 Å². The second-order valence-electron chi connectivity index (χ2n) is 3.57. The Morgan fingerprint density at radius 1 is 1.50 bits per heavy atom. The van der Waals surface area contributed by atoms with Gasteiger partial charge >= 0.3 is 0 Å². The zero-order valence-electron chi connectivity index (χ0n) is 9.07. The molecule has 14 heavy (non-hydrogen) atoms. The number of anilines is 1. The van der Waals surface area contributed by atoms with Crippen molar-refractivity contribution in [2.75, 3.05) is 18.0 Å². The molecule has 1 aromatic heterocycles. The fraction of sp³-hybridized carbons (Fsp3) is 0.600. The first-order valence-corrected chi connectivity index (χ1v) is 4.91. The topological polar surface area (TPSA) is 55.0 Å². The molecule has 1 heterocycles. The van der Waals surface area contributed by atoms with Crippen molar-refractivity contribution in [2.24, 2.45) is 5.73 Å². The summed E-state index contributed by atoms with van der Waals surface area (Å²) >= 11 is 0. The van der Waals surface area contributed by atoms with Crippen LogP contribution in [-0.2, 0) is 0 Å². The van der Waals surface area contributed by atoms with Crippen LogP contribution in [0.5, 0.6) is 0 Å². The van der Waals surface area contributed by atoms with Gasteiger partial charge in [0.1, 0.15) is 0 Å². The molecule has 2 N–H and O–H groups in total. The molecule has 1 rings (SSSR count). The number of hydrogen-bond donors (Lipinski definition) is 1. The summed E-state index contributed by atoms with van der Waals surface area (Å²) in [4.78, 5) is 10.7. The van der Waals surface area contributed by atoms with Crippen LogP contribution >= 0.6 is 0 Å². The van der Waals surface area contributed by atoms with Gasteiger partial charge in [-0.3, -0.25) is 0 Å². The minimum absolute atomic E-state index is 0.375. The number of aryl methyl sites for hydroxylation is 1. The van der Waals surface area contributed by atoms with Crippen LogP contribution in [0.15, 0.2) is 12.3 Å². The Morgan fingerprint density at radius 3 is 2.71 bits per heavy atom. The lowest BCUT2D eigenvalue weighted by Crippen LogP contribution is -2.36. The monoisotopic (exact) mass is 194 g/mol. The van der Waals surface area contributed by atoms with Crippen molar-refractivity contribution < 1.29 is 0 Å². The number of hydrogen-bond acceptors (Lipinski definition) is 4. The van der Waals surface area contributed by atoms with E-state index in [0.717, 1.165) is 18.2 Å². The Morgan fingerprint density at radius 2 is 2.21 bits per heavy atom. The van der Waals surface area contributed by atoms with Crippen LogP contribution in [0.4, 0.5) is 5.95 Å². The van der Waals surface area contributed by atoms with E-state index in [2.05, 4.69) is 28.7 Å². The first kappa shape index (κ1) is 10.9. The van der Waals surface area contributed by atoms with Crippen LogP contribution in [0.1, 0.15) is 19.5 Å². The Labute approximate surface area is 85.2 Å². The Hall–Kier alpha value is -1.16. The zero-order valence-corrected chi connectivity index (χ0v) is 9.07. The van der Waals surface area contributed by atoms with Gasteiger partial charge in [-0.2, -0.15) is 0 Å². The predicted octanol–water partition coefficient (Wildman–Crippen LogP) is 0.959. The molecule has 0 fully saturated rings. The highest BCUT2D eigenvalue weighted by atomic mass is 15.3. The van der Waals surface area contributed by atoms with Gasteiger partial charge in [-0.1, -0.05) is 0 Å². The number of nitrogens with two attached hydrogens (primary N) is 1. The van der Waals surface area contributed by atoms with Gasteiger partial charge in [-0.05, 0) is 26.8 Å². The SMILES string of the molecule is Cc1ccnc(N(CCN)C(C)C)n1. The Bertz CT molecular complexity index is 285. The van der Waals surface area contributed by atoms with Gasteiger partial charge in [0, 0.05) is 31.0 Å². The first-order chi connectivity index (χ1) is 6.65. The summed E-state index contributed by atoms with van der Waals surface area (Å²) in [5.41, 5.74) is 6.53. The molecule has 0 aromatic carbocycles. The molecule has 0 amide bonds. The highest BCUT2D eigenvalue weighted by molar-refractivity contribution is 5.31. The van der Waals surface area contributed by atoms with Crippen molar-refractivity contribution >= 4 is 5.95 Å². The van der Waals surface area contributed by atoms with Crippen molar-refractivity contribution in [1.29, 1.82) is 0 Å². The van der Waals surface area contributed by atoms with Crippen LogP contribution in [-0.4, -0.2) is 29.1 Å². The minimum atomic E-state index is 0.375. The summed E-state index contributed by atoms with van der Waals surface area (Å²) in [6.07, 6.45) is 1.78. The summed E-state index contributed by atoms with van der Waals surface area (Å²) in [6.45, 7) is 7.60. The molecule has 4 heteroatoms. The third kappa shape index (κ3) is 2.67. The third-order valence-corrected chi connectivity index (χ3v) is 2.03. The average molecular weight is 194 g/mol. The van der Waals surface area contributed by atoms with Gasteiger partial charge in [-0.25, -0.2) is 9.97 Å². The molecule has 0 aliphatic heterocycles. The molecule has 0 atom stereocenters. The largest absolute Gasteiger partial charge is 0.337 e. The highest BCUT2D eigenvalue weighted by Gasteiger charge is 2.11. The van der Waals surface area contributed by atoms with Crippen molar-refractivity contribution in [2.45, 2.75) is 26.8 Å². The van der Waals surface area contributed by atoms with Crippen LogP contribution in [0.2, 0.25) is 0 Å². The molecular formula is C10H18N4. The quantitative estimate of drug-likeness (QED) is 0.775. The third-order valence-electron chi connectivity index (χ3n) is 2.03. The van der Waals surface area contributed by atoms with E-state index in [4.69, 9.17) is 5.73 Å². The molecule has 0 aliphatic rings. The Balaban J connectivity index is 2.87. The van der Waals surface area contributed by atoms with E-state index in [9.17, 15) is 0 Å². The fourth-order valence-electron chi connectivity index (χ4n) is 1.30. The molecule has 0 unspecified atom stereocenters. The first-order valence-electron chi connectivity index (χ1n) is 4.91. The number of nitrogens with zero attached hydrogens (tertiary/aromatic N) is 3. The molecule has 0 aliphatic carbocycles. The summed E-state index contributed by atoms with van der Waals surface area (Å²) < 4.78 is 0. The van der Waals surface area contributed by atoms with Crippen molar-refractivity contribution in [3.8, 4) is 0 Å². The molecule has 0 saturated heterocycles. The van der Waals surface area contributed by atoms with Gasteiger partial charge in [0.2, 0.25) is 5.95 Å². The summed E-state index contributed by atoms with van der Waals surface area (Å²) in [5.74, 6) is 0.769. The molecule has 0 radical (unpaired) electrons. The van der Waals surface area contributed by atoms with E-state index in [1.807, 2.05) is 13.0 Å². The fourth-order valence-corrected chi connectivity index (χ4v) is 1.30. The second-order valence-corrected chi connectivity index (χ2v) is 3.57. The van der Waals surface area contributed by atoms with Gasteiger partial charge in [-0.15, -0.1) is 0 Å². The molecule has 0 bridgehead atoms. The molecular weight excluding hydrogens is 176 g/mol. The standard InChI is InChI=1S/C10H18N4/c1-8(2)14(7-5-11)10-12-6-4-9(3)13-10/h4,6,8H,5,7,11H2,1-3H3. The van der Waals surface area contributed by atoms with Gasteiger partial charge in [0.25, 0.3) is 0 Å². The predicted molar refractivity (Wildman–Crippen MR) is 58.3 cm³/mol. The normalized spacial score (nSPS) is 10.6. The van der Waals surface area contributed by atoms with E-state index in [1.54, 1.807) is 6.20 Å². The number of rotatable bonds is 4. The Kier molecular flexibility index (Phi) is 3.83. The molecule has 0 spiro atoms. The summed E-state index contributed by atoms with van der Waals surface area (Å²) in [5, 5.41) is 0. The van der Waals surface area contributed by atoms with Gasteiger partial charge in [0.15, 0.2) is 0 Å². The zero-order chi connectivity index (χ0) is 10.6. The van der Waals surface area contributed by atoms with Crippen LogP contribution < -0.4 is 10.6 Å². The smallest absolute Gasteiger partial charge is 0.225 e. The van der Waals surface area contributed by atoms with Crippen LogP contribution in [0, 0.1) is 6.92 Å². The van der Waals surface area contributed by atoms with Crippen molar-refractivity contribution in [3.05, 3.63) is 18.0 Å². The summed E-state index contributed by atoms with van der Waals surface area (Å²) in [6, 6.07) is 2.27. The van der Waals surface area contributed by atoms with Gasteiger partial charge < -0.3 is 10.6 Å².